The molecular weight excluding hydrogens is 300 g/mol. The number of nitrogens with one attached hydrogen (secondary N) is 2. The van der Waals surface area contributed by atoms with E-state index in [0.29, 0.717) is 13.1 Å². The van der Waals surface area contributed by atoms with E-state index >= 15 is 0 Å². The Morgan fingerprint density at radius 2 is 2.30 bits per heavy atom. The number of hydrogen-bond acceptors (Lipinski definition) is 6. The summed E-state index contributed by atoms with van der Waals surface area (Å²) in [6.45, 7) is 1.01. The number of carbonyl (C=O) groups is 2. The van der Waals surface area contributed by atoms with Crippen LogP contribution in [-0.4, -0.2) is 61.6 Å². The average molecular weight is 316 g/mol. The molecule has 1 saturated heterocycles. The Bertz CT molecular complexity index is 702. The largest absolute Gasteiger partial charge is 0.505 e. The van der Waals surface area contributed by atoms with Crippen LogP contribution >= 0.6 is 0 Å². The number of H-pyrrole nitrogens is 1. The highest BCUT2D eigenvalue weighted by molar-refractivity contribution is 5.96. The fourth-order valence-electron chi connectivity index (χ4n) is 2.54. The predicted molar refractivity (Wildman–Crippen MR) is 78.6 cm³/mol. The molecular formula is C14H16N6O3. The number of pyridine rings is 1. The van der Waals surface area contributed by atoms with Crippen molar-refractivity contribution in [2.45, 2.75) is 12.3 Å². The second kappa shape index (κ2) is 6.42. The molecule has 1 aliphatic heterocycles. The van der Waals surface area contributed by atoms with E-state index < -0.39 is 5.91 Å². The van der Waals surface area contributed by atoms with E-state index in [4.69, 9.17) is 0 Å². The van der Waals surface area contributed by atoms with Crippen LogP contribution in [0.2, 0.25) is 0 Å². The highest BCUT2D eigenvalue weighted by Gasteiger charge is 2.29. The van der Waals surface area contributed by atoms with Crippen LogP contribution in [0.25, 0.3) is 0 Å². The molecule has 0 saturated carbocycles. The van der Waals surface area contributed by atoms with Crippen LogP contribution in [0.1, 0.15) is 28.7 Å². The highest BCUT2D eigenvalue weighted by Crippen LogP contribution is 2.23. The Kier molecular flexibility index (Phi) is 4.18. The lowest BCUT2D eigenvalue weighted by Crippen LogP contribution is -2.39. The van der Waals surface area contributed by atoms with E-state index in [9.17, 15) is 14.7 Å². The standard InChI is InChI=1S/C14H16N6O3/c21-10-2-1-4-15-12(10)14(23)16-6-11(22)20-5-3-9(7-20)13-17-8-18-19-13/h1-2,4,8-9,21H,3,5-7H2,(H,16,23)(H,17,18,19). The van der Waals surface area contributed by atoms with Crippen LogP contribution in [-0.2, 0) is 4.79 Å². The molecule has 23 heavy (non-hydrogen) atoms. The number of likely N-dealkylation sites (tertiary alicyclic amines) is 1. The van der Waals surface area contributed by atoms with Gasteiger partial charge in [-0.1, -0.05) is 0 Å². The summed E-state index contributed by atoms with van der Waals surface area (Å²) in [5.41, 5.74) is -0.0961. The lowest BCUT2D eigenvalue weighted by Gasteiger charge is -2.16. The molecule has 9 heteroatoms. The second-order valence-electron chi connectivity index (χ2n) is 5.25. The van der Waals surface area contributed by atoms with Crippen molar-refractivity contribution in [3.05, 3.63) is 36.2 Å². The number of hydrogen-bond donors (Lipinski definition) is 3. The van der Waals surface area contributed by atoms with E-state index in [1.165, 1.54) is 24.7 Å². The van der Waals surface area contributed by atoms with Gasteiger partial charge in [-0.05, 0) is 18.6 Å². The molecule has 1 unspecified atom stereocenters. The molecule has 3 heterocycles. The zero-order valence-electron chi connectivity index (χ0n) is 12.3. The fraction of sp³-hybridized carbons (Fsp3) is 0.357. The number of aromatic hydroxyl groups is 1. The fourth-order valence-corrected chi connectivity index (χ4v) is 2.54. The summed E-state index contributed by atoms with van der Waals surface area (Å²) >= 11 is 0. The van der Waals surface area contributed by atoms with Crippen LogP contribution in [0.15, 0.2) is 24.7 Å². The van der Waals surface area contributed by atoms with Crippen molar-refractivity contribution >= 4 is 11.8 Å². The van der Waals surface area contributed by atoms with Crippen molar-refractivity contribution in [1.29, 1.82) is 0 Å². The van der Waals surface area contributed by atoms with E-state index in [2.05, 4.69) is 25.5 Å². The van der Waals surface area contributed by atoms with Gasteiger partial charge in [-0.25, -0.2) is 9.97 Å². The normalized spacial score (nSPS) is 17.2. The van der Waals surface area contributed by atoms with Crippen LogP contribution in [0.4, 0.5) is 0 Å². The number of aromatic amines is 1. The Morgan fingerprint density at radius 1 is 1.43 bits per heavy atom. The Hall–Kier alpha value is -2.97. The first-order valence-corrected chi connectivity index (χ1v) is 7.20. The lowest BCUT2D eigenvalue weighted by molar-refractivity contribution is -0.129. The van der Waals surface area contributed by atoms with Gasteiger partial charge >= 0.3 is 0 Å². The van der Waals surface area contributed by atoms with Crippen LogP contribution in [0.5, 0.6) is 5.75 Å². The lowest BCUT2D eigenvalue weighted by atomic mass is 10.1. The third-order valence-electron chi connectivity index (χ3n) is 3.76. The quantitative estimate of drug-likeness (QED) is 0.708. The maximum absolute atomic E-state index is 12.2. The van der Waals surface area contributed by atoms with Crippen LogP contribution in [0.3, 0.4) is 0 Å². The minimum atomic E-state index is -0.581. The van der Waals surface area contributed by atoms with Gasteiger partial charge in [-0.15, -0.1) is 0 Å². The summed E-state index contributed by atoms with van der Waals surface area (Å²) in [7, 11) is 0. The van der Waals surface area contributed by atoms with E-state index in [1.54, 1.807) is 4.90 Å². The minimum absolute atomic E-state index is 0.0961. The van der Waals surface area contributed by atoms with E-state index in [0.717, 1.165) is 12.2 Å². The number of carbonyl (C=O) groups excluding carboxylic acids is 2. The first-order chi connectivity index (χ1) is 11.1. The third kappa shape index (κ3) is 3.28. The van der Waals surface area contributed by atoms with Crippen molar-refractivity contribution in [3.63, 3.8) is 0 Å². The molecule has 0 aromatic carbocycles. The Balaban J connectivity index is 1.52. The molecule has 0 aliphatic carbocycles. The first-order valence-electron chi connectivity index (χ1n) is 7.20. The molecule has 0 spiro atoms. The summed E-state index contributed by atoms with van der Waals surface area (Å²) in [4.78, 5) is 33.6. The van der Waals surface area contributed by atoms with Crippen molar-refractivity contribution in [2.24, 2.45) is 0 Å². The second-order valence-corrected chi connectivity index (χ2v) is 5.25. The minimum Gasteiger partial charge on any atom is -0.505 e. The smallest absolute Gasteiger partial charge is 0.274 e. The molecule has 0 radical (unpaired) electrons. The van der Waals surface area contributed by atoms with Gasteiger partial charge in [0.25, 0.3) is 5.91 Å². The molecule has 2 aromatic rings. The van der Waals surface area contributed by atoms with Crippen molar-refractivity contribution < 1.29 is 14.7 Å². The maximum Gasteiger partial charge on any atom is 0.274 e. The number of rotatable bonds is 4. The van der Waals surface area contributed by atoms with Crippen molar-refractivity contribution in [1.82, 2.24) is 30.4 Å². The summed E-state index contributed by atoms with van der Waals surface area (Å²) in [6, 6.07) is 2.89. The van der Waals surface area contributed by atoms with Crippen molar-refractivity contribution in [2.75, 3.05) is 19.6 Å². The molecule has 3 N–H and O–H groups in total. The van der Waals surface area contributed by atoms with E-state index in [1.807, 2.05) is 0 Å². The van der Waals surface area contributed by atoms with Gasteiger partial charge in [-0.2, -0.15) is 5.10 Å². The first kappa shape index (κ1) is 14.9. The molecule has 1 fully saturated rings. The molecule has 2 amide bonds. The number of nitrogens with zero attached hydrogens (tertiary/aromatic N) is 4. The number of amides is 2. The molecule has 3 rings (SSSR count). The molecule has 1 atom stereocenters. The summed E-state index contributed by atoms with van der Waals surface area (Å²) in [5.74, 6) is -0.0815. The van der Waals surface area contributed by atoms with Crippen molar-refractivity contribution in [3.8, 4) is 5.75 Å². The van der Waals surface area contributed by atoms with Gasteiger partial charge in [0.05, 0.1) is 6.54 Å². The molecule has 2 aromatic heterocycles. The Morgan fingerprint density at radius 3 is 3.04 bits per heavy atom. The van der Waals surface area contributed by atoms with Gasteiger partial charge < -0.3 is 15.3 Å². The molecule has 9 nitrogen and oxygen atoms in total. The Labute approximate surface area is 131 Å². The van der Waals surface area contributed by atoms with Gasteiger partial charge in [-0.3, -0.25) is 14.7 Å². The van der Waals surface area contributed by atoms with Gasteiger partial charge in [0.15, 0.2) is 5.69 Å². The topological polar surface area (TPSA) is 124 Å². The van der Waals surface area contributed by atoms with Crippen LogP contribution in [0, 0.1) is 0 Å². The van der Waals surface area contributed by atoms with Gasteiger partial charge in [0.2, 0.25) is 5.91 Å². The van der Waals surface area contributed by atoms with E-state index in [-0.39, 0.29) is 29.8 Å². The van der Waals surface area contributed by atoms with Crippen LogP contribution < -0.4 is 5.32 Å². The zero-order valence-corrected chi connectivity index (χ0v) is 12.3. The summed E-state index contributed by atoms with van der Waals surface area (Å²) < 4.78 is 0. The predicted octanol–water partition coefficient (Wildman–Crippen LogP) is -0.349. The zero-order chi connectivity index (χ0) is 16.2. The maximum atomic E-state index is 12.2. The monoisotopic (exact) mass is 316 g/mol. The summed E-state index contributed by atoms with van der Waals surface area (Å²) in [5, 5.41) is 18.7. The summed E-state index contributed by atoms with van der Waals surface area (Å²) in [6.07, 6.45) is 3.65. The average Bonchev–Trinajstić information content (AvgIpc) is 3.23. The molecule has 1 aliphatic rings. The van der Waals surface area contributed by atoms with Gasteiger partial charge in [0.1, 0.15) is 17.9 Å². The molecule has 0 bridgehead atoms. The molecule has 120 valence electrons. The highest BCUT2D eigenvalue weighted by atomic mass is 16.3. The SMILES string of the molecule is O=C(NCC(=O)N1CCC(c2ncn[nH]2)C1)c1ncccc1O. The third-order valence-corrected chi connectivity index (χ3v) is 3.76. The number of aromatic nitrogens is 4. The van der Waals surface area contributed by atoms with Gasteiger partial charge in [0, 0.05) is 25.2 Å².